The molecule has 0 aliphatic heterocycles. The highest BCUT2D eigenvalue weighted by atomic mass is 35.5. The van der Waals surface area contributed by atoms with Gasteiger partial charge < -0.3 is 0 Å². The highest BCUT2D eigenvalue weighted by Crippen LogP contribution is 2.33. The molecule has 0 fully saturated rings. The molecule has 2 aromatic rings. The summed E-state index contributed by atoms with van der Waals surface area (Å²) in [5.74, 6) is -0.286. The van der Waals surface area contributed by atoms with Crippen molar-refractivity contribution in [2.45, 2.75) is 19.3 Å². The van der Waals surface area contributed by atoms with Gasteiger partial charge in [-0.2, -0.15) is 0 Å². The Morgan fingerprint density at radius 2 is 2.17 bits per heavy atom. The molecular weight excluding hydrogens is 273 g/mol. The van der Waals surface area contributed by atoms with E-state index in [1.54, 1.807) is 12.1 Å². The largest absolute Gasteiger partial charge is 0.293 e. The highest BCUT2D eigenvalue weighted by molar-refractivity contribution is 7.17. The lowest BCUT2D eigenvalue weighted by Gasteiger charge is -2.06. The predicted octanol–water partition coefficient (Wildman–Crippen LogP) is 4.12. The van der Waals surface area contributed by atoms with E-state index in [4.69, 9.17) is 11.6 Å². The van der Waals surface area contributed by atoms with Crippen molar-refractivity contribution < 1.29 is 9.18 Å². The standard InChI is InChI=1S/C13H9ClFNOS/c14-8-6-7(4-5-9(8)15)13-16-10-2-1-3-11(17)12(10)18-13/h4-6H,1-3H2. The van der Waals surface area contributed by atoms with E-state index in [0.29, 0.717) is 6.42 Å². The summed E-state index contributed by atoms with van der Waals surface area (Å²) >= 11 is 7.12. The number of rotatable bonds is 1. The molecule has 92 valence electrons. The summed E-state index contributed by atoms with van der Waals surface area (Å²) in [5.41, 5.74) is 1.63. The van der Waals surface area contributed by atoms with Gasteiger partial charge in [-0.15, -0.1) is 11.3 Å². The molecule has 1 aliphatic carbocycles. The molecule has 2 nitrogen and oxygen atoms in total. The van der Waals surface area contributed by atoms with E-state index < -0.39 is 5.82 Å². The Morgan fingerprint density at radius 3 is 2.89 bits per heavy atom. The number of aromatic nitrogens is 1. The molecule has 18 heavy (non-hydrogen) atoms. The van der Waals surface area contributed by atoms with E-state index in [9.17, 15) is 9.18 Å². The molecule has 0 N–H and O–H groups in total. The van der Waals surface area contributed by atoms with E-state index in [1.165, 1.54) is 17.4 Å². The molecule has 0 amide bonds. The van der Waals surface area contributed by atoms with Crippen LogP contribution < -0.4 is 0 Å². The van der Waals surface area contributed by atoms with Crippen molar-refractivity contribution in [1.82, 2.24) is 4.98 Å². The van der Waals surface area contributed by atoms with Crippen molar-refractivity contribution >= 4 is 28.7 Å². The van der Waals surface area contributed by atoms with Gasteiger partial charge in [0.05, 0.1) is 15.6 Å². The van der Waals surface area contributed by atoms with Gasteiger partial charge in [-0.3, -0.25) is 4.79 Å². The summed E-state index contributed by atoms with van der Waals surface area (Å²) in [5, 5.41) is 0.809. The van der Waals surface area contributed by atoms with Crippen LogP contribution >= 0.6 is 22.9 Å². The quantitative estimate of drug-likeness (QED) is 0.787. The molecule has 0 bridgehead atoms. The maximum Gasteiger partial charge on any atom is 0.174 e. The van der Waals surface area contributed by atoms with E-state index in [1.807, 2.05) is 0 Å². The summed E-state index contributed by atoms with van der Waals surface area (Å²) in [6, 6.07) is 4.50. The average molecular weight is 282 g/mol. The Kier molecular flexibility index (Phi) is 2.92. The minimum Gasteiger partial charge on any atom is -0.293 e. The summed E-state index contributed by atoms with van der Waals surface area (Å²) in [4.78, 5) is 16.9. The van der Waals surface area contributed by atoms with Gasteiger partial charge in [-0.25, -0.2) is 9.37 Å². The van der Waals surface area contributed by atoms with E-state index >= 15 is 0 Å². The van der Waals surface area contributed by atoms with Crippen molar-refractivity contribution in [3.05, 3.63) is 39.6 Å². The molecule has 0 atom stereocenters. The molecule has 0 radical (unpaired) electrons. The maximum absolute atomic E-state index is 13.1. The fourth-order valence-electron chi connectivity index (χ4n) is 2.02. The molecule has 0 saturated heterocycles. The van der Waals surface area contributed by atoms with Crippen LogP contribution in [0.25, 0.3) is 10.6 Å². The lowest BCUT2D eigenvalue weighted by atomic mass is 10.0. The second-order valence-electron chi connectivity index (χ2n) is 4.20. The number of aryl methyl sites for hydroxylation is 1. The fourth-order valence-corrected chi connectivity index (χ4v) is 3.28. The summed E-state index contributed by atoms with van der Waals surface area (Å²) < 4.78 is 13.1. The van der Waals surface area contributed by atoms with Gasteiger partial charge in [0.25, 0.3) is 0 Å². The minimum absolute atomic E-state index is 0.0759. The zero-order chi connectivity index (χ0) is 12.7. The average Bonchev–Trinajstić information content (AvgIpc) is 2.78. The topological polar surface area (TPSA) is 30.0 Å². The van der Waals surface area contributed by atoms with Crippen LogP contribution in [-0.2, 0) is 6.42 Å². The molecule has 0 spiro atoms. The third-order valence-electron chi connectivity index (χ3n) is 2.93. The van der Waals surface area contributed by atoms with Crippen molar-refractivity contribution in [1.29, 1.82) is 0 Å². The van der Waals surface area contributed by atoms with Crippen LogP contribution in [0, 0.1) is 5.82 Å². The number of hydrogen-bond acceptors (Lipinski definition) is 3. The SMILES string of the molecule is O=C1CCCc2nc(-c3ccc(F)c(Cl)c3)sc21. The van der Waals surface area contributed by atoms with Crippen molar-refractivity contribution in [3.8, 4) is 10.6 Å². The number of fused-ring (bicyclic) bond motifs is 1. The molecule has 3 rings (SSSR count). The summed E-state index contributed by atoms with van der Waals surface area (Å²) in [7, 11) is 0. The first-order valence-electron chi connectivity index (χ1n) is 5.63. The second kappa shape index (κ2) is 4.44. The summed E-state index contributed by atoms with van der Waals surface area (Å²) in [6.07, 6.45) is 2.30. The molecule has 1 aromatic heterocycles. The molecule has 0 saturated carbocycles. The van der Waals surface area contributed by atoms with Gasteiger partial charge >= 0.3 is 0 Å². The van der Waals surface area contributed by atoms with E-state index in [-0.39, 0.29) is 10.8 Å². The van der Waals surface area contributed by atoms with Crippen molar-refractivity contribution in [2.75, 3.05) is 0 Å². The Hall–Kier alpha value is -1.26. The zero-order valence-corrected chi connectivity index (χ0v) is 10.9. The Labute approximate surface area is 112 Å². The van der Waals surface area contributed by atoms with Crippen LogP contribution in [0.5, 0.6) is 0 Å². The van der Waals surface area contributed by atoms with E-state index in [0.717, 1.165) is 34.0 Å². The van der Waals surface area contributed by atoms with Gasteiger partial charge in [0.1, 0.15) is 10.8 Å². The number of carbonyl (C=O) groups excluding carboxylic acids is 1. The van der Waals surface area contributed by atoms with Crippen LogP contribution in [0.3, 0.4) is 0 Å². The maximum atomic E-state index is 13.1. The number of nitrogens with zero attached hydrogens (tertiary/aromatic N) is 1. The monoisotopic (exact) mass is 281 g/mol. The number of Topliss-reactive ketones (excluding diaryl/α,β-unsaturated/α-hetero) is 1. The third kappa shape index (κ3) is 1.95. The first-order valence-corrected chi connectivity index (χ1v) is 6.83. The smallest absolute Gasteiger partial charge is 0.174 e. The number of benzene rings is 1. The first-order chi connectivity index (χ1) is 8.65. The second-order valence-corrected chi connectivity index (χ2v) is 5.61. The molecule has 1 heterocycles. The van der Waals surface area contributed by atoms with Crippen LogP contribution in [0.1, 0.15) is 28.2 Å². The normalized spacial score (nSPS) is 14.7. The van der Waals surface area contributed by atoms with Gasteiger partial charge in [-0.1, -0.05) is 11.6 Å². The Balaban J connectivity index is 2.07. The predicted molar refractivity (Wildman–Crippen MR) is 69.8 cm³/mol. The zero-order valence-electron chi connectivity index (χ0n) is 9.37. The van der Waals surface area contributed by atoms with E-state index in [2.05, 4.69) is 4.98 Å². The number of halogens is 2. The van der Waals surface area contributed by atoms with Crippen LogP contribution in [0.2, 0.25) is 5.02 Å². The van der Waals surface area contributed by atoms with Gasteiger partial charge in [0, 0.05) is 12.0 Å². The molecule has 0 unspecified atom stereocenters. The molecule has 1 aliphatic rings. The number of thiazole rings is 1. The third-order valence-corrected chi connectivity index (χ3v) is 4.41. The molecular formula is C13H9ClFNOS. The van der Waals surface area contributed by atoms with Crippen LogP contribution in [0.4, 0.5) is 4.39 Å². The van der Waals surface area contributed by atoms with Crippen LogP contribution in [-0.4, -0.2) is 10.8 Å². The van der Waals surface area contributed by atoms with Gasteiger partial charge in [0.15, 0.2) is 5.78 Å². The highest BCUT2D eigenvalue weighted by Gasteiger charge is 2.22. The lowest BCUT2D eigenvalue weighted by Crippen LogP contribution is -2.07. The van der Waals surface area contributed by atoms with Crippen molar-refractivity contribution in [3.63, 3.8) is 0 Å². The number of hydrogen-bond donors (Lipinski definition) is 0. The number of carbonyl (C=O) groups is 1. The minimum atomic E-state index is -0.446. The van der Waals surface area contributed by atoms with Crippen LogP contribution in [0.15, 0.2) is 18.2 Å². The first kappa shape index (κ1) is 11.8. The van der Waals surface area contributed by atoms with Gasteiger partial charge in [0.2, 0.25) is 0 Å². The summed E-state index contributed by atoms with van der Waals surface area (Å²) in [6.45, 7) is 0. The Bertz CT molecular complexity index is 638. The molecule has 5 heteroatoms. The Morgan fingerprint density at radius 1 is 1.33 bits per heavy atom. The fraction of sp³-hybridized carbons (Fsp3) is 0.231. The molecule has 1 aromatic carbocycles. The van der Waals surface area contributed by atoms with Crippen molar-refractivity contribution in [2.24, 2.45) is 0 Å². The lowest BCUT2D eigenvalue weighted by molar-refractivity contribution is 0.0976. The van der Waals surface area contributed by atoms with Gasteiger partial charge in [-0.05, 0) is 31.0 Å². The number of ketones is 1.